The molecule has 3 aliphatic rings. The monoisotopic (exact) mass is 738 g/mol. The summed E-state index contributed by atoms with van der Waals surface area (Å²) in [6, 6.07) is 5.26. The van der Waals surface area contributed by atoms with Gasteiger partial charge in [0.15, 0.2) is 16.6 Å². The Hall–Kier alpha value is -1.84. The summed E-state index contributed by atoms with van der Waals surface area (Å²) in [6.07, 6.45) is -5.44. The van der Waals surface area contributed by atoms with E-state index in [0.29, 0.717) is 11.1 Å². The van der Waals surface area contributed by atoms with Crippen LogP contribution in [0.3, 0.4) is 0 Å². The normalized spacial score (nSPS) is 33.3. The fraction of sp³-hybridized carbons (Fsp3) is 0.816. The molecule has 0 radical (unpaired) electrons. The van der Waals surface area contributed by atoms with Gasteiger partial charge >= 0.3 is 17.9 Å². The van der Waals surface area contributed by atoms with Crippen LogP contribution in [-0.2, 0) is 37.4 Å². The minimum atomic E-state index is -2.28. The van der Waals surface area contributed by atoms with Crippen molar-refractivity contribution in [2.45, 2.75) is 181 Å². The Morgan fingerprint density at radius 2 is 1.22 bits per heavy atom. The van der Waals surface area contributed by atoms with Gasteiger partial charge in [0.1, 0.15) is 24.4 Å². The molecule has 2 N–H and O–H groups in total. The number of ether oxygens (including phenoxy) is 3. The standard InChI is InChI=1S/C38H66O10Si2/c1-15-49(16-2,17-3)47-28-21-30(44-25(9)39)37(14)32(23(28)7)34(45-26(10)40)38(36(12,13)43)22-29(48-50(18-4,19-5)20-6)24(8)31(38)33(42)35(37)46-27(11)41/h28-30,32-35,42-43H,7,15-22H2,1-6,8-14H3/t28-,29-,30-,32-,33+,34-,35-,37+,38-/m0/s1. The number of carbonyl (C=O) groups is 3. The van der Waals surface area contributed by atoms with E-state index in [9.17, 15) is 24.6 Å². The summed E-state index contributed by atoms with van der Waals surface area (Å²) >= 11 is 0. The van der Waals surface area contributed by atoms with Crippen molar-refractivity contribution >= 4 is 34.5 Å². The van der Waals surface area contributed by atoms with Crippen LogP contribution in [0.5, 0.6) is 0 Å². The van der Waals surface area contributed by atoms with Gasteiger partial charge in [-0.3, -0.25) is 14.4 Å². The smallest absolute Gasteiger partial charge is 0.303 e. The highest BCUT2D eigenvalue weighted by atomic mass is 28.4. The number of aliphatic hydroxyl groups is 2. The Bertz CT molecular complexity index is 1300. The van der Waals surface area contributed by atoms with Crippen LogP contribution in [0.2, 0.25) is 36.3 Å². The van der Waals surface area contributed by atoms with E-state index in [4.69, 9.17) is 23.1 Å². The molecular formula is C38H66O10Si2. The van der Waals surface area contributed by atoms with E-state index in [1.165, 1.54) is 20.8 Å². The molecule has 0 bridgehead atoms. The zero-order chi connectivity index (χ0) is 38.2. The van der Waals surface area contributed by atoms with Crippen molar-refractivity contribution in [3.05, 3.63) is 23.3 Å². The molecule has 0 amide bonds. The van der Waals surface area contributed by atoms with Gasteiger partial charge in [0.05, 0.1) is 28.6 Å². The van der Waals surface area contributed by atoms with Gasteiger partial charge in [0.2, 0.25) is 0 Å². The molecule has 0 aromatic heterocycles. The van der Waals surface area contributed by atoms with E-state index in [2.05, 4.69) is 48.1 Å². The number of rotatable bonds is 14. The van der Waals surface area contributed by atoms with E-state index in [-0.39, 0.29) is 12.8 Å². The van der Waals surface area contributed by atoms with Crippen LogP contribution in [0.25, 0.3) is 0 Å². The maximum absolute atomic E-state index is 13.3. The molecule has 0 spiro atoms. The molecule has 0 aromatic carbocycles. The predicted octanol–water partition coefficient (Wildman–Crippen LogP) is 7.00. The van der Waals surface area contributed by atoms with Crippen molar-refractivity contribution in [1.82, 2.24) is 0 Å². The molecule has 0 saturated heterocycles. The number of fused-ring (bicyclic) bond motifs is 2. The fourth-order valence-corrected chi connectivity index (χ4v) is 15.5. The van der Waals surface area contributed by atoms with Crippen molar-refractivity contribution in [3.63, 3.8) is 0 Å². The third-order valence-corrected chi connectivity index (χ3v) is 22.4. The largest absolute Gasteiger partial charge is 0.462 e. The van der Waals surface area contributed by atoms with Gasteiger partial charge in [-0.1, -0.05) is 55.0 Å². The molecule has 9 atom stereocenters. The van der Waals surface area contributed by atoms with E-state index in [0.717, 1.165) is 41.8 Å². The number of esters is 3. The Kier molecular flexibility index (Phi) is 13.3. The number of hydrogen-bond acceptors (Lipinski definition) is 10. The summed E-state index contributed by atoms with van der Waals surface area (Å²) in [4.78, 5) is 39.2. The lowest BCUT2D eigenvalue weighted by molar-refractivity contribution is -0.213. The summed E-state index contributed by atoms with van der Waals surface area (Å²) < 4.78 is 33.0. The van der Waals surface area contributed by atoms with Crippen molar-refractivity contribution < 1.29 is 47.7 Å². The first-order valence-corrected chi connectivity index (χ1v) is 23.9. The first-order chi connectivity index (χ1) is 23.1. The molecule has 2 saturated carbocycles. The Labute approximate surface area is 302 Å². The molecule has 2 fully saturated rings. The summed E-state index contributed by atoms with van der Waals surface area (Å²) in [5, 5.41) is 25.3. The molecule has 0 heterocycles. The average Bonchev–Trinajstić information content (AvgIpc) is 3.31. The molecule has 3 rings (SSSR count). The van der Waals surface area contributed by atoms with Crippen LogP contribution >= 0.6 is 0 Å². The van der Waals surface area contributed by atoms with Crippen LogP contribution in [0.15, 0.2) is 23.3 Å². The third-order valence-electron chi connectivity index (χ3n) is 13.1. The lowest BCUT2D eigenvalue weighted by Crippen LogP contribution is -2.64. The van der Waals surface area contributed by atoms with Crippen molar-refractivity contribution in [2.24, 2.45) is 16.7 Å². The number of aliphatic hydroxyl groups excluding tert-OH is 1. The van der Waals surface area contributed by atoms with Crippen molar-refractivity contribution in [2.75, 3.05) is 0 Å². The van der Waals surface area contributed by atoms with Gasteiger partial charge in [-0.15, -0.1) is 0 Å². The van der Waals surface area contributed by atoms with Crippen LogP contribution in [0.1, 0.15) is 103 Å². The first kappa shape index (κ1) is 42.6. The van der Waals surface area contributed by atoms with E-state index in [1.54, 1.807) is 13.8 Å². The SMILES string of the molecule is C=C1[C@@H](O[Si](CC)(CC)CC)C[C@H](OC(C)=O)[C@@]2(C)[C@@H](OC(C)=O)[C@H](O)C3=C(C)[C@@H](O[Si](CC)(CC)CC)C[C@@]3(C(C)(C)O)[C@@H](OC(C)=O)[C@H]12. The number of carbonyl (C=O) groups excluding carboxylic acids is 3. The average molecular weight is 739 g/mol. The molecule has 0 aliphatic heterocycles. The summed E-state index contributed by atoms with van der Waals surface area (Å²) in [6.45, 7) is 28.5. The molecule has 0 aromatic rings. The van der Waals surface area contributed by atoms with Gasteiger partial charge in [-0.05, 0) is 80.2 Å². The topological polar surface area (TPSA) is 138 Å². The highest BCUT2D eigenvalue weighted by Gasteiger charge is 2.73. The third kappa shape index (κ3) is 7.22. The van der Waals surface area contributed by atoms with Gasteiger partial charge in [-0.2, -0.15) is 0 Å². The first-order valence-electron chi connectivity index (χ1n) is 18.8. The Balaban J connectivity index is 2.53. The maximum atomic E-state index is 13.3. The summed E-state index contributed by atoms with van der Waals surface area (Å²) in [7, 11) is -4.52. The van der Waals surface area contributed by atoms with Crippen molar-refractivity contribution in [3.8, 4) is 0 Å². The quantitative estimate of drug-likeness (QED) is 0.0830. The van der Waals surface area contributed by atoms with Gasteiger partial charge in [0.25, 0.3) is 0 Å². The van der Waals surface area contributed by atoms with Crippen LogP contribution in [0, 0.1) is 16.7 Å². The summed E-state index contributed by atoms with van der Waals surface area (Å²) in [5.74, 6) is -2.64. The lowest BCUT2D eigenvalue weighted by atomic mass is 9.54. The van der Waals surface area contributed by atoms with Crippen LogP contribution in [-0.4, -0.2) is 87.0 Å². The van der Waals surface area contributed by atoms with Gasteiger partial charge in [-0.25, -0.2) is 0 Å². The van der Waals surface area contributed by atoms with E-state index in [1.807, 2.05) is 13.8 Å². The molecule has 10 nitrogen and oxygen atoms in total. The second kappa shape index (κ2) is 15.6. The Morgan fingerprint density at radius 1 is 0.800 bits per heavy atom. The Morgan fingerprint density at radius 3 is 1.62 bits per heavy atom. The second-order valence-electron chi connectivity index (χ2n) is 15.8. The minimum absolute atomic E-state index is 0.217. The predicted molar refractivity (Wildman–Crippen MR) is 198 cm³/mol. The summed E-state index contributed by atoms with van der Waals surface area (Å²) in [5.41, 5.74) is -2.61. The molecule has 50 heavy (non-hydrogen) atoms. The zero-order valence-electron chi connectivity index (χ0n) is 33.1. The van der Waals surface area contributed by atoms with E-state index >= 15 is 0 Å². The second-order valence-corrected chi connectivity index (χ2v) is 25.2. The van der Waals surface area contributed by atoms with Gasteiger partial charge in [0, 0.05) is 33.1 Å². The molecule has 286 valence electrons. The van der Waals surface area contributed by atoms with Crippen LogP contribution in [0.4, 0.5) is 0 Å². The maximum Gasteiger partial charge on any atom is 0.303 e. The molecule has 12 heteroatoms. The lowest BCUT2D eigenvalue weighted by Gasteiger charge is -2.57. The van der Waals surface area contributed by atoms with E-state index < -0.39 is 93.5 Å². The van der Waals surface area contributed by atoms with Gasteiger partial charge < -0.3 is 33.3 Å². The van der Waals surface area contributed by atoms with Crippen molar-refractivity contribution in [1.29, 1.82) is 0 Å². The molecular weight excluding hydrogens is 673 g/mol. The highest BCUT2D eigenvalue weighted by molar-refractivity contribution is 6.74. The van der Waals surface area contributed by atoms with Crippen LogP contribution < -0.4 is 0 Å². The highest BCUT2D eigenvalue weighted by Crippen LogP contribution is 2.66. The molecule has 0 unspecified atom stereocenters. The fourth-order valence-electron chi connectivity index (χ4n) is 9.78. The molecule has 3 aliphatic carbocycles. The minimum Gasteiger partial charge on any atom is -0.462 e. The zero-order valence-corrected chi connectivity index (χ0v) is 35.1. The number of hydrogen-bond donors (Lipinski definition) is 2.